The van der Waals surface area contributed by atoms with Gasteiger partial charge < -0.3 is 9.64 Å². The molecule has 4 nitrogen and oxygen atoms in total. The first-order valence-electron chi connectivity index (χ1n) is 8.34. The fourth-order valence-electron chi connectivity index (χ4n) is 3.06. The number of carbonyl (C=O) groups excluding carboxylic acids is 1. The second-order valence-corrected chi connectivity index (χ2v) is 7.61. The molecular weight excluding hydrogens is 368 g/mol. The van der Waals surface area contributed by atoms with Gasteiger partial charge in [0.15, 0.2) is 6.61 Å². The van der Waals surface area contributed by atoms with E-state index < -0.39 is 0 Å². The minimum Gasteiger partial charge on any atom is -0.482 e. The van der Waals surface area contributed by atoms with Gasteiger partial charge in [-0.25, -0.2) is 4.98 Å². The van der Waals surface area contributed by atoms with Gasteiger partial charge in [0.25, 0.3) is 5.91 Å². The Bertz CT molecular complexity index is 983. The minimum absolute atomic E-state index is 0.0281. The molecule has 0 spiro atoms. The summed E-state index contributed by atoms with van der Waals surface area (Å²) in [5.41, 5.74) is 3.52. The lowest BCUT2D eigenvalue weighted by atomic mass is 10.1. The van der Waals surface area contributed by atoms with Gasteiger partial charge in [-0.05, 0) is 38.1 Å². The first-order valence-corrected chi connectivity index (χ1v) is 9.60. The Morgan fingerprint density at radius 1 is 1.23 bits per heavy atom. The van der Waals surface area contributed by atoms with Crippen LogP contribution in [0.5, 0.6) is 5.75 Å². The van der Waals surface area contributed by atoms with Crippen LogP contribution in [0, 0.1) is 0 Å². The summed E-state index contributed by atoms with van der Waals surface area (Å²) in [4.78, 5) is 18.8. The predicted octanol–water partition coefficient (Wildman–Crippen LogP) is 5.26. The lowest BCUT2D eigenvalue weighted by Crippen LogP contribution is -2.43. The Labute approximate surface area is 161 Å². The molecule has 0 radical (unpaired) electrons. The first-order chi connectivity index (χ1) is 12.5. The van der Waals surface area contributed by atoms with Gasteiger partial charge in [-0.2, -0.15) is 0 Å². The quantitative estimate of drug-likeness (QED) is 0.618. The van der Waals surface area contributed by atoms with Crippen LogP contribution in [0.1, 0.15) is 13.8 Å². The summed E-state index contributed by atoms with van der Waals surface area (Å²) in [6, 6.07) is 13.6. The van der Waals surface area contributed by atoms with Crippen molar-refractivity contribution in [3.8, 4) is 27.6 Å². The smallest absolute Gasteiger partial charge is 0.265 e. The second kappa shape index (κ2) is 6.74. The third-order valence-corrected chi connectivity index (χ3v) is 5.46. The molecule has 3 aromatic rings. The molecule has 1 amide bonds. The van der Waals surface area contributed by atoms with E-state index in [4.69, 9.17) is 21.3 Å². The maximum Gasteiger partial charge on any atom is 0.265 e. The number of hydrogen-bond acceptors (Lipinski definition) is 4. The zero-order chi connectivity index (χ0) is 18.3. The molecule has 2 aromatic carbocycles. The summed E-state index contributed by atoms with van der Waals surface area (Å²) >= 11 is 7.83. The van der Waals surface area contributed by atoms with Crippen LogP contribution in [0.4, 0.5) is 5.69 Å². The second-order valence-electron chi connectivity index (χ2n) is 6.35. The molecule has 1 aromatic heterocycles. The van der Waals surface area contributed by atoms with E-state index in [-0.39, 0.29) is 18.6 Å². The highest BCUT2D eigenvalue weighted by atomic mass is 35.5. The molecule has 0 fully saturated rings. The fourth-order valence-corrected chi connectivity index (χ4v) is 4.21. The molecule has 26 heavy (non-hydrogen) atoms. The van der Waals surface area contributed by atoms with Gasteiger partial charge in [0.05, 0.1) is 16.4 Å². The third kappa shape index (κ3) is 2.97. The average Bonchev–Trinajstić information content (AvgIpc) is 3.11. The fraction of sp³-hybridized carbons (Fsp3) is 0.200. The average molecular weight is 385 g/mol. The molecule has 6 heteroatoms. The molecular formula is C20H17ClN2O2S. The number of thiazole rings is 1. The van der Waals surface area contributed by atoms with Crippen LogP contribution in [0.15, 0.2) is 47.8 Å². The van der Waals surface area contributed by atoms with Crippen LogP contribution in [0.25, 0.3) is 21.8 Å². The molecule has 0 unspecified atom stereocenters. The molecule has 1 aliphatic heterocycles. The highest BCUT2D eigenvalue weighted by Gasteiger charge is 2.28. The molecule has 0 aliphatic carbocycles. The molecule has 0 bridgehead atoms. The number of aromatic nitrogens is 1. The van der Waals surface area contributed by atoms with E-state index in [9.17, 15) is 4.79 Å². The van der Waals surface area contributed by atoms with Crippen LogP contribution in [0.3, 0.4) is 0 Å². The van der Waals surface area contributed by atoms with Crippen LogP contribution >= 0.6 is 22.9 Å². The topological polar surface area (TPSA) is 42.4 Å². The number of ether oxygens (including phenoxy) is 1. The van der Waals surface area contributed by atoms with Crippen molar-refractivity contribution in [2.24, 2.45) is 0 Å². The summed E-state index contributed by atoms with van der Waals surface area (Å²) in [7, 11) is 0. The van der Waals surface area contributed by atoms with Crippen molar-refractivity contribution in [1.82, 2.24) is 4.98 Å². The van der Waals surface area contributed by atoms with Crippen molar-refractivity contribution in [2.45, 2.75) is 19.9 Å². The maximum atomic E-state index is 12.2. The molecule has 4 rings (SSSR count). The Kier molecular flexibility index (Phi) is 4.42. The molecule has 1 aliphatic rings. The van der Waals surface area contributed by atoms with Crippen LogP contribution in [0.2, 0.25) is 5.02 Å². The van der Waals surface area contributed by atoms with Crippen molar-refractivity contribution < 1.29 is 9.53 Å². The van der Waals surface area contributed by atoms with E-state index in [0.717, 1.165) is 33.3 Å². The molecule has 0 atom stereocenters. The number of nitrogens with zero attached hydrogens (tertiary/aromatic N) is 2. The standard InChI is InChI=1S/C20H17ClN2O2S/c1-12(2)23-17-9-13(7-8-18(17)25-10-19(23)24)16-11-26-20(22-16)14-5-3-4-6-15(14)21/h3-9,11-12H,10H2,1-2H3. The van der Waals surface area contributed by atoms with E-state index in [2.05, 4.69) is 0 Å². The molecule has 0 N–H and O–H groups in total. The zero-order valence-electron chi connectivity index (χ0n) is 14.4. The van der Waals surface area contributed by atoms with E-state index in [1.165, 1.54) is 0 Å². The summed E-state index contributed by atoms with van der Waals surface area (Å²) in [6.07, 6.45) is 0. The number of hydrogen-bond donors (Lipinski definition) is 0. The van der Waals surface area contributed by atoms with E-state index >= 15 is 0 Å². The van der Waals surface area contributed by atoms with Crippen LogP contribution < -0.4 is 9.64 Å². The van der Waals surface area contributed by atoms with Gasteiger partial charge >= 0.3 is 0 Å². The van der Waals surface area contributed by atoms with Crippen molar-refractivity contribution in [1.29, 1.82) is 0 Å². The number of halogens is 1. The zero-order valence-corrected chi connectivity index (χ0v) is 16.0. The van der Waals surface area contributed by atoms with Crippen molar-refractivity contribution in [3.63, 3.8) is 0 Å². The number of fused-ring (bicyclic) bond motifs is 1. The lowest BCUT2D eigenvalue weighted by molar-refractivity contribution is -0.121. The highest BCUT2D eigenvalue weighted by Crippen LogP contribution is 2.38. The predicted molar refractivity (Wildman–Crippen MR) is 106 cm³/mol. The molecule has 132 valence electrons. The SMILES string of the molecule is CC(C)N1C(=O)COc2ccc(-c3csc(-c4ccccc4Cl)n3)cc21. The molecule has 0 saturated carbocycles. The first kappa shape index (κ1) is 17.1. The van der Waals surface area contributed by atoms with Gasteiger partial charge in [0.2, 0.25) is 0 Å². The number of anilines is 1. The molecule has 0 saturated heterocycles. The monoisotopic (exact) mass is 384 g/mol. The maximum absolute atomic E-state index is 12.2. The van der Waals surface area contributed by atoms with Crippen molar-refractivity contribution >= 4 is 34.5 Å². The van der Waals surface area contributed by atoms with Gasteiger partial charge in [-0.15, -0.1) is 11.3 Å². The van der Waals surface area contributed by atoms with E-state index in [1.807, 2.05) is 61.7 Å². The third-order valence-electron chi connectivity index (χ3n) is 4.26. The Morgan fingerprint density at radius 2 is 2.04 bits per heavy atom. The van der Waals surface area contributed by atoms with Gasteiger partial charge in [0.1, 0.15) is 10.8 Å². The minimum atomic E-state index is -0.0281. The number of amides is 1. The summed E-state index contributed by atoms with van der Waals surface area (Å²) in [5, 5.41) is 3.56. The largest absolute Gasteiger partial charge is 0.482 e. The Balaban J connectivity index is 1.74. The Morgan fingerprint density at radius 3 is 2.81 bits per heavy atom. The van der Waals surface area contributed by atoms with Crippen molar-refractivity contribution in [3.05, 3.63) is 52.9 Å². The van der Waals surface area contributed by atoms with Gasteiger partial charge in [0, 0.05) is 22.5 Å². The van der Waals surface area contributed by atoms with E-state index in [0.29, 0.717) is 5.02 Å². The number of rotatable bonds is 3. The highest BCUT2D eigenvalue weighted by molar-refractivity contribution is 7.13. The number of carbonyl (C=O) groups is 1. The van der Waals surface area contributed by atoms with Crippen LogP contribution in [-0.4, -0.2) is 23.5 Å². The lowest BCUT2D eigenvalue weighted by Gasteiger charge is -2.32. The Hall–Kier alpha value is -2.37. The van der Waals surface area contributed by atoms with Crippen LogP contribution in [-0.2, 0) is 4.79 Å². The number of benzene rings is 2. The van der Waals surface area contributed by atoms with Crippen molar-refractivity contribution in [2.75, 3.05) is 11.5 Å². The summed E-state index contributed by atoms with van der Waals surface area (Å²) in [5.74, 6) is 0.697. The normalized spacial score (nSPS) is 13.7. The van der Waals surface area contributed by atoms with E-state index in [1.54, 1.807) is 16.2 Å². The molecule has 2 heterocycles. The van der Waals surface area contributed by atoms with Gasteiger partial charge in [-0.1, -0.05) is 29.8 Å². The van der Waals surface area contributed by atoms with Gasteiger partial charge in [-0.3, -0.25) is 4.79 Å². The summed E-state index contributed by atoms with van der Waals surface area (Å²) in [6.45, 7) is 4.08. The summed E-state index contributed by atoms with van der Waals surface area (Å²) < 4.78 is 5.57.